The predicted molar refractivity (Wildman–Crippen MR) is 57.8 cm³/mol. The summed E-state index contributed by atoms with van der Waals surface area (Å²) in [6.45, 7) is 3.46. The Balaban J connectivity index is 3.10. The second-order valence-electron chi connectivity index (χ2n) is 2.77. The SMILES string of the molecule is C=C=CC(O)(CBr)c1ccccc1. The zero-order valence-electron chi connectivity index (χ0n) is 7.20. The van der Waals surface area contributed by atoms with E-state index in [1.165, 1.54) is 0 Å². The fourth-order valence-electron chi connectivity index (χ4n) is 1.09. The predicted octanol–water partition coefficient (Wildman–Crippen LogP) is 2.61. The summed E-state index contributed by atoms with van der Waals surface area (Å²) in [4.78, 5) is 0. The number of aliphatic hydroxyl groups is 1. The van der Waals surface area contributed by atoms with E-state index in [1.807, 2.05) is 30.3 Å². The highest BCUT2D eigenvalue weighted by atomic mass is 79.9. The monoisotopic (exact) mass is 238 g/mol. The molecule has 1 rings (SSSR count). The van der Waals surface area contributed by atoms with E-state index in [2.05, 4.69) is 28.2 Å². The average molecular weight is 239 g/mol. The number of rotatable bonds is 3. The van der Waals surface area contributed by atoms with E-state index in [4.69, 9.17) is 0 Å². The number of benzene rings is 1. The molecular weight excluding hydrogens is 228 g/mol. The van der Waals surface area contributed by atoms with Crippen LogP contribution in [0.2, 0.25) is 0 Å². The fraction of sp³-hybridized carbons (Fsp3) is 0.182. The van der Waals surface area contributed by atoms with Gasteiger partial charge in [0.2, 0.25) is 0 Å². The summed E-state index contributed by atoms with van der Waals surface area (Å²) in [6.07, 6.45) is 1.55. The van der Waals surface area contributed by atoms with Crippen LogP contribution in [-0.4, -0.2) is 10.4 Å². The fourth-order valence-corrected chi connectivity index (χ4v) is 1.58. The van der Waals surface area contributed by atoms with Crippen molar-refractivity contribution in [3.05, 3.63) is 54.3 Å². The van der Waals surface area contributed by atoms with Gasteiger partial charge in [0, 0.05) is 5.33 Å². The molecule has 0 fully saturated rings. The second-order valence-corrected chi connectivity index (χ2v) is 3.33. The molecule has 68 valence electrons. The first-order chi connectivity index (χ1) is 6.23. The van der Waals surface area contributed by atoms with Gasteiger partial charge in [0.15, 0.2) is 0 Å². The van der Waals surface area contributed by atoms with Gasteiger partial charge in [-0.05, 0) is 11.6 Å². The van der Waals surface area contributed by atoms with Crippen LogP contribution in [-0.2, 0) is 5.60 Å². The van der Waals surface area contributed by atoms with Crippen molar-refractivity contribution in [1.29, 1.82) is 0 Å². The number of halogens is 1. The van der Waals surface area contributed by atoms with Crippen molar-refractivity contribution in [2.45, 2.75) is 5.60 Å². The van der Waals surface area contributed by atoms with Gasteiger partial charge in [-0.15, -0.1) is 5.73 Å². The molecule has 1 unspecified atom stereocenters. The van der Waals surface area contributed by atoms with Crippen molar-refractivity contribution in [2.24, 2.45) is 0 Å². The Bertz CT molecular complexity index is 314. The quantitative estimate of drug-likeness (QED) is 0.635. The zero-order valence-corrected chi connectivity index (χ0v) is 8.79. The van der Waals surface area contributed by atoms with Gasteiger partial charge in [-0.1, -0.05) is 52.8 Å². The largest absolute Gasteiger partial charge is 0.379 e. The van der Waals surface area contributed by atoms with E-state index >= 15 is 0 Å². The zero-order chi connectivity index (χ0) is 9.73. The third kappa shape index (κ3) is 2.31. The summed E-state index contributed by atoms with van der Waals surface area (Å²) in [7, 11) is 0. The van der Waals surface area contributed by atoms with E-state index in [0.29, 0.717) is 5.33 Å². The summed E-state index contributed by atoms with van der Waals surface area (Å²) < 4.78 is 0. The first-order valence-corrected chi connectivity index (χ1v) is 5.06. The molecule has 0 aliphatic heterocycles. The molecule has 1 aromatic carbocycles. The topological polar surface area (TPSA) is 20.2 Å². The van der Waals surface area contributed by atoms with Crippen LogP contribution in [0.15, 0.2) is 48.7 Å². The van der Waals surface area contributed by atoms with Crippen molar-refractivity contribution in [1.82, 2.24) is 0 Å². The molecule has 0 aromatic heterocycles. The highest BCUT2D eigenvalue weighted by Gasteiger charge is 2.23. The summed E-state index contributed by atoms with van der Waals surface area (Å²) in [5.41, 5.74) is 2.44. The number of alkyl halides is 1. The molecule has 0 aliphatic carbocycles. The molecule has 1 N–H and O–H groups in total. The van der Waals surface area contributed by atoms with Crippen LogP contribution in [0.4, 0.5) is 0 Å². The maximum atomic E-state index is 10.1. The van der Waals surface area contributed by atoms with Gasteiger partial charge in [0.1, 0.15) is 5.60 Å². The summed E-state index contributed by atoms with van der Waals surface area (Å²) >= 11 is 3.26. The lowest BCUT2D eigenvalue weighted by atomic mass is 9.96. The van der Waals surface area contributed by atoms with E-state index in [9.17, 15) is 5.11 Å². The molecule has 1 nitrogen and oxygen atoms in total. The van der Waals surface area contributed by atoms with Crippen molar-refractivity contribution < 1.29 is 5.11 Å². The maximum Gasteiger partial charge on any atom is 0.125 e. The molecule has 13 heavy (non-hydrogen) atoms. The van der Waals surface area contributed by atoms with Gasteiger partial charge in [-0.25, -0.2) is 0 Å². The van der Waals surface area contributed by atoms with Gasteiger partial charge < -0.3 is 5.11 Å². The third-order valence-corrected chi connectivity index (χ3v) is 2.67. The molecule has 0 amide bonds. The highest BCUT2D eigenvalue weighted by Crippen LogP contribution is 2.24. The third-order valence-electron chi connectivity index (χ3n) is 1.82. The average Bonchev–Trinajstić information content (AvgIpc) is 2.19. The molecule has 0 bridgehead atoms. The number of hydrogen-bond donors (Lipinski definition) is 1. The minimum atomic E-state index is -0.997. The van der Waals surface area contributed by atoms with Crippen molar-refractivity contribution in [2.75, 3.05) is 5.33 Å². The molecule has 0 aliphatic rings. The molecule has 0 saturated heterocycles. The number of hydrogen-bond acceptors (Lipinski definition) is 1. The normalized spacial score (nSPS) is 14.3. The van der Waals surface area contributed by atoms with Gasteiger partial charge in [-0.2, -0.15) is 0 Å². The van der Waals surface area contributed by atoms with Gasteiger partial charge in [0.25, 0.3) is 0 Å². The lowest BCUT2D eigenvalue weighted by Gasteiger charge is -2.21. The highest BCUT2D eigenvalue weighted by molar-refractivity contribution is 9.09. The molecule has 0 spiro atoms. The second kappa shape index (κ2) is 4.43. The minimum Gasteiger partial charge on any atom is -0.379 e. The van der Waals surface area contributed by atoms with Crippen LogP contribution in [0.3, 0.4) is 0 Å². The standard InChI is InChI=1S/C11H11BrO/c1-2-8-11(13,9-12)10-6-4-3-5-7-10/h3-8,13H,1,9H2. The first kappa shape index (κ1) is 10.3. The van der Waals surface area contributed by atoms with E-state index in [0.717, 1.165) is 5.56 Å². The van der Waals surface area contributed by atoms with Crippen molar-refractivity contribution >= 4 is 15.9 Å². The van der Waals surface area contributed by atoms with Gasteiger partial charge in [0.05, 0.1) is 0 Å². The lowest BCUT2D eigenvalue weighted by Crippen LogP contribution is -2.24. The summed E-state index contributed by atoms with van der Waals surface area (Å²) in [5, 5.41) is 10.5. The van der Waals surface area contributed by atoms with E-state index < -0.39 is 5.60 Å². The molecule has 0 saturated carbocycles. The summed E-state index contributed by atoms with van der Waals surface area (Å²) in [5.74, 6) is 0. The van der Waals surface area contributed by atoms with Crippen molar-refractivity contribution in [3.8, 4) is 0 Å². The molecule has 2 heteroatoms. The van der Waals surface area contributed by atoms with Crippen molar-refractivity contribution in [3.63, 3.8) is 0 Å². The van der Waals surface area contributed by atoms with Crippen LogP contribution < -0.4 is 0 Å². The van der Waals surface area contributed by atoms with Crippen LogP contribution in [0.5, 0.6) is 0 Å². The Kier molecular flexibility index (Phi) is 3.49. The van der Waals surface area contributed by atoms with Gasteiger partial charge in [-0.3, -0.25) is 0 Å². The Morgan fingerprint density at radius 1 is 1.46 bits per heavy atom. The molecule has 0 radical (unpaired) electrons. The van der Waals surface area contributed by atoms with Crippen LogP contribution in [0.25, 0.3) is 0 Å². The minimum absolute atomic E-state index is 0.437. The van der Waals surface area contributed by atoms with E-state index in [-0.39, 0.29) is 0 Å². The van der Waals surface area contributed by atoms with E-state index in [1.54, 1.807) is 6.08 Å². The summed E-state index contributed by atoms with van der Waals surface area (Å²) in [6, 6.07) is 9.43. The Morgan fingerprint density at radius 2 is 2.08 bits per heavy atom. The van der Waals surface area contributed by atoms with Crippen LogP contribution in [0, 0.1) is 0 Å². The maximum absolute atomic E-state index is 10.1. The molecule has 1 atom stereocenters. The first-order valence-electron chi connectivity index (χ1n) is 3.94. The Labute approximate surface area is 86.5 Å². The Hall–Kier alpha value is -0.820. The van der Waals surface area contributed by atoms with Crippen LogP contribution >= 0.6 is 15.9 Å². The molecule has 0 heterocycles. The molecular formula is C11H11BrO. The molecule has 1 aromatic rings. The Morgan fingerprint density at radius 3 is 2.54 bits per heavy atom. The smallest absolute Gasteiger partial charge is 0.125 e. The lowest BCUT2D eigenvalue weighted by molar-refractivity contribution is 0.118. The van der Waals surface area contributed by atoms with Gasteiger partial charge >= 0.3 is 0 Å². The van der Waals surface area contributed by atoms with Crippen LogP contribution in [0.1, 0.15) is 5.56 Å².